The van der Waals surface area contributed by atoms with E-state index in [2.05, 4.69) is 16.0 Å². The monoisotopic (exact) mass is 677 g/mol. The van der Waals surface area contributed by atoms with Crippen LogP contribution in [0.2, 0.25) is 5.02 Å². The van der Waals surface area contributed by atoms with Gasteiger partial charge in [-0.3, -0.25) is 14.4 Å². The second kappa shape index (κ2) is 16.4. The maximum atomic E-state index is 13.8. The van der Waals surface area contributed by atoms with Crippen LogP contribution in [-0.2, 0) is 9.59 Å². The smallest absolute Gasteiger partial charge is 0.272 e. The van der Waals surface area contributed by atoms with Gasteiger partial charge >= 0.3 is 0 Å². The van der Waals surface area contributed by atoms with E-state index in [0.717, 1.165) is 10.5 Å². The molecule has 1 unspecified atom stereocenters. The van der Waals surface area contributed by atoms with Gasteiger partial charge in [-0.25, -0.2) is 0 Å². The lowest BCUT2D eigenvalue weighted by Crippen LogP contribution is -2.30. The quantitative estimate of drug-likeness (QED) is 0.0908. The molecule has 8 nitrogen and oxygen atoms in total. The summed E-state index contributed by atoms with van der Waals surface area (Å²) >= 11 is 7.36. The highest BCUT2D eigenvalue weighted by molar-refractivity contribution is 8.00. The van der Waals surface area contributed by atoms with Crippen LogP contribution in [0.5, 0.6) is 11.5 Å². The third-order valence-corrected chi connectivity index (χ3v) is 8.56. The summed E-state index contributed by atoms with van der Waals surface area (Å²) in [4.78, 5) is 41.2. The van der Waals surface area contributed by atoms with Crippen LogP contribution in [0.3, 0.4) is 0 Å². The Balaban J connectivity index is 1.41. The van der Waals surface area contributed by atoms with E-state index in [1.807, 2.05) is 36.4 Å². The normalized spacial score (nSPS) is 11.6. The van der Waals surface area contributed by atoms with E-state index in [1.54, 1.807) is 91.0 Å². The Morgan fingerprint density at radius 3 is 2.10 bits per heavy atom. The average molecular weight is 678 g/mol. The Labute approximate surface area is 288 Å². The lowest BCUT2D eigenvalue weighted by Gasteiger charge is -2.18. The van der Waals surface area contributed by atoms with Crippen molar-refractivity contribution in [2.24, 2.45) is 0 Å². The van der Waals surface area contributed by atoms with E-state index in [0.29, 0.717) is 39.0 Å². The maximum absolute atomic E-state index is 13.8. The zero-order chi connectivity index (χ0) is 33.9. The number of halogens is 1. The van der Waals surface area contributed by atoms with Crippen LogP contribution in [0.15, 0.2) is 138 Å². The van der Waals surface area contributed by atoms with Gasteiger partial charge in [-0.05, 0) is 72.3 Å². The molecule has 1 atom stereocenters. The number of para-hydroxylation sites is 1. The Hall–Kier alpha value is -5.51. The molecule has 0 spiro atoms. The molecule has 0 aliphatic rings. The molecule has 5 aromatic rings. The molecule has 0 aliphatic carbocycles. The van der Waals surface area contributed by atoms with Crippen LogP contribution in [0.1, 0.15) is 26.7 Å². The van der Waals surface area contributed by atoms with Crippen molar-refractivity contribution in [2.45, 2.75) is 10.1 Å². The molecular weight excluding hydrogens is 646 g/mol. The van der Waals surface area contributed by atoms with Crippen LogP contribution in [0.4, 0.5) is 11.4 Å². The second-order valence-corrected chi connectivity index (χ2v) is 12.0. The van der Waals surface area contributed by atoms with Crippen LogP contribution >= 0.6 is 23.4 Å². The Bertz CT molecular complexity index is 1920. The van der Waals surface area contributed by atoms with Crippen molar-refractivity contribution >= 4 is 58.5 Å². The van der Waals surface area contributed by atoms with Gasteiger partial charge in [0.2, 0.25) is 5.91 Å². The van der Waals surface area contributed by atoms with Gasteiger partial charge < -0.3 is 25.4 Å². The number of carbonyl (C=O) groups is 3. The Kier molecular flexibility index (Phi) is 11.5. The summed E-state index contributed by atoms with van der Waals surface area (Å²) in [6, 6.07) is 37.3. The third kappa shape index (κ3) is 8.85. The minimum absolute atomic E-state index is 0.0158. The highest BCUT2D eigenvalue weighted by Gasteiger charge is 2.23. The van der Waals surface area contributed by atoms with Gasteiger partial charge in [0, 0.05) is 32.4 Å². The van der Waals surface area contributed by atoms with Gasteiger partial charge in [0.25, 0.3) is 11.8 Å². The average Bonchev–Trinajstić information content (AvgIpc) is 3.12. The van der Waals surface area contributed by atoms with Gasteiger partial charge in [-0.1, -0.05) is 78.3 Å². The molecule has 10 heteroatoms. The number of methoxy groups -OCH3 is 2. The summed E-state index contributed by atoms with van der Waals surface area (Å²) in [5, 5.41) is 8.58. The first-order valence-electron chi connectivity index (χ1n) is 14.8. The van der Waals surface area contributed by atoms with E-state index in [4.69, 9.17) is 21.1 Å². The molecule has 242 valence electrons. The first-order valence-corrected chi connectivity index (χ1v) is 16.1. The van der Waals surface area contributed by atoms with Gasteiger partial charge in [0.15, 0.2) is 11.5 Å². The van der Waals surface area contributed by atoms with E-state index in [9.17, 15) is 14.4 Å². The predicted octanol–water partition coefficient (Wildman–Crippen LogP) is 8.24. The summed E-state index contributed by atoms with van der Waals surface area (Å²) < 4.78 is 11.0. The summed E-state index contributed by atoms with van der Waals surface area (Å²) in [6.07, 6.45) is 1.53. The minimum atomic E-state index is -0.603. The van der Waals surface area contributed by atoms with Crippen LogP contribution in [-0.4, -0.2) is 31.9 Å². The Morgan fingerprint density at radius 2 is 1.42 bits per heavy atom. The zero-order valence-corrected chi connectivity index (χ0v) is 27.7. The number of thioether (sulfide) groups is 1. The van der Waals surface area contributed by atoms with Crippen molar-refractivity contribution in [1.82, 2.24) is 5.32 Å². The number of amides is 3. The number of nitrogens with one attached hydrogen (secondary N) is 3. The lowest BCUT2D eigenvalue weighted by atomic mass is 10.1. The fourth-order valence-electron chi connectivity index (χ4n) is 4.75. The highest BCUT2D eigenvalue weighted by atomic mass is 35.5. The van der Waals surface area contributed by atoms with E-state index in [-0.39, 0.29) is 11.6 Å². The number of anilines is 2. The zero-order valence-electron chi connectivity index (χ0n) is 26.1. The fourth-order valence-corrected chi connectivity index (χ4v) is 5.96. The number of rotatable bonds is 12. The van der Waals surface area contributed by atoms with Gasteiger partial charge in [0.05, 0.1) is 14.2 Å². The largest absolute Gasteiger partial charge is 0.493 e. The van der Waals surface area contributed by atoms with Gasteiger partial charge in [-0.2, -0.15) is 0 Å². The van der Waals surface area contributed by atoms with Crippen molar-refractivity contribution in [3.8, 4) is 11.5 Å². The molecule has 48 heavy (non-hydrogen) atoms. The summed E-state index contributed by atoms with van der Waals surface area (Å²) in [5.74, 6) is -0.365. The molecule has 0 fully saturated rings. The molecule has 5 rings (SSSR count). The molecule has 0 aliphatic heterocycles. The summed E-state index contributed by atoms with van der Waals surface area (Å²) in [5.41, 5.74) is 2.79. The number of ether oxygens (including phenoxy) is 2. The Morgan fingerprint density at radius 1 is 0.729 bits per heavy atom. The molecule has 0 bridgehead atoms. The summed E-state index contributed by atoms with van der Waals surface area (Å²) in [6.45, 7) is 0. The topological polar surface area (TPSA) is 106 Å². The molecular formula is C38H32ClN3O5S. The number of hydrogen-bond acceptors (Lipinski definition) is 6. The van der Waals surface area contributed by atoms with E-state index >= 15 is 0 Å². The molecule has 0 saturated heterocycles. The third-order valence-electron chi connectivity index (χ3n) is 7.06. The van der Waals surface area contributed by atoms with Crippen LogP contribution < -0.4 is 25.4 Å². The molecule has 3 N–H and O–H groups in total. The number of benzene rings is 5. The highest BCUT2D eigenvalue weighted by Crippen LogP contribution is 2.37. The van der Waals surface area contributed by atoms with Crippen molar-refractivity contribution in [3.05, 3.63) is 155 Å². The van der Waals surface area contributed by atoms with Gasteiger partial charge in [0.1, 0.15) is 10.9 Å². The molecule has 0 radical (unpaired) electrons. The van der Waals surface area contributed by atoms with Crippen molar-refractivity contribution in [3.63, 3.8) is 0 Å². The fraction of sp³-hybridized carbons (Fsp3) is 0.0789. The van der Waals surface area contributed by atoms with Crippen molar-refractivity contribution < 1.29 is 23.9 Å². The van der Waals surface area contributed by atoms with Crippen LogP contribution in [0.25, 0.3) is 6.08 Å². The molecule has 5 aromatic carbocycles. The van der Waals surface area contributed by atoms with Crippen molar-refractivity contribution in [1.29, 1.82) is 0 Å². The molecule has 0 aromatic heterocycles. The molecule has 0 heterocycles. The van der Waals surface area contributed by atoms with E-state index < -0.39 is 17.1 Å². The number of hydrogen-bond donors (Lipinski definition) is 3. The second-order valence-electron chi connectivity index (χ2n) is 10.3. The standard InChI is InChI=1S/C38H32ClN3O5S/c1-46-33-18-9-15-27(34(33)47-2)23-32(42-36(43)26-13-7-4-8-14-26)37(44)41-30-16-10-17-31(24-30)48-35(25-11-5-3-6-12-25)38(45)40-29-21-19-28(39)20-22-29/h3-24,35H,1-2H3,(H,40,45)(H,41,44)(H,42,43)/b32-23+. The predicted molar refractivity (Wildman–Crippen MR) is 192 cm³/mol. The lowest BCUT2D eigenvalue weighted by molar-refractivity contribution is -0.116. The molecule has 3 amide bonds. The van der Waals surface area contributed by atoms with Crippen molar-refractivity contribution in [2.75, 3.05) is 24.9 Å². The SMILES string of the molecule is COc1cccc(/C=C(/NC(=O)c2ccccc2)C(=O)Nc2cccc(SC(C(=O)Nc3ccc(Cl)cc3)c3ccccc3)c2)c1OC. The first kappa shape index (κ1) is 33.8. The summed E-state index contributed by atoms with van der Waals surface area (Å²) in [7, 11) is 3.02. The first-order chi connectivity index (χ1) is 23.3. The van der Waals surface area contributed by atoms with Gasteiger partial charge in [-0.15, -0.1) is 11.8 Å². The minimum Gasteiger partial charge on any atom is -0.493 e. The molecule has 0 saturated carbocycles. The van der Waals surface area contributed by atoms with Crippen LogP contribution in [0, 0.1) is 0 Å². The number of carbonyl (C=O) groups excluding carboxylic acids is 3. The maximum Gasteiger partial charge on any atom is 0.272 e. The van der Waals surface area contributed by atoms with E-state index in [1.165, 1.54) is 32.1 Å².